The number of pyridine rings is 1. The minimum Gasteiger partial charge on any atom is -0.366 e. The van der Waals surface area contributed by atoms with Crippen molar-refractivity contribution < 1.29 is 9.18 Å². The van der Waals surface area contributed by atoms with Crippen LogP contribution in [0.3, 0.4) is 0 Å². The molecule has 1 aromatic heterocycles. The third-order valence-electron chi connectivity index (χ3n) is 1.94. The molecule has 0 radical (unpaired) electrons. The van der Waals surface area contributed by atoms with E-state index < -0.39 is 11.7 Å². The molecule has 4 heteroatoms. The standard InChI is InChI=1S/C10H7FN2O/c11-7-4-6-2-1-3-13-9(6)8(5-7)10(12)14/h1-5H,(H2,12,14). The van der Waals surface area contributed by atoms with Crippen LogP contribution in [0.25, 0.3) is 10.9 Å². The van der Waals surface area contributed by atoms with Gasteiger partial charge in [0.15, 0.2) is 0 Å². The summed E-state index contributed by atoms with van der Waals surface area (Å²) in [5, 5.41) is 0.571. The van der Waals surface area contributed by atoms with Crippen molar-refractivity contribution in [3.05, 3.63) is 41.8 Å². The molecule has 70 valence electrons. The first-order valence-electron chi connectivity index (χ1n) is 4.02. The van der Waals surface area contributed by atoms with Gasteiger partial charge in [-0.05, 0) is 18.2 Å². The monoisotopic (exact) mass is 190 g/mol. The number of carbonyl (C=O) groups excluding carboxylic acids is 1. The van der Waals surface area contributed by atoms with Gasteiger partial charge in [0, 0.05) is 11.6 Å². The molecule has 0 aliphatic heterocycles. The lowest BCUT2D eigenvalue weighted by atomic mass is 10.1. The average molecular weight is 190 g/mol. The molecule has 14 heavy (non-hydrogen) atoms. The van der Waals surface area contributed by atoms with Crippen LogP contribution in [0.2, 0.25) is 0 Å². The molecule has 1 amide bonds. The number of carbonyl (C=O) groups is 1. The molecule has 1 heterocycles. The van der Waals surface area contributed by atoms with Crippen molar-refractivity contribution in [2.24, 2.45) is 5.73 Å². The van der Waals surface area contributed by atoms with Crippen molar-refractivity contribution in [1.82, 2.24) is 4.98 Å². The summed E-state index contributed by atoms with van der Waals surface area (Å²) in [5.41, 5.74) is 5.65. The van der Waals surface area contributed by atoms with E-state index in [2.05, 4.69) is 4.98 Å². The number of benzene rings is 1. The Kier molecular flexibility index (Phi) is 1.89. The Bertz CT molecular complexity index is 510. The Hall–Kier alpha value is -1.97. The number of nitrogens with zero attached hydrogens (tertiary/aromatic N) is 1. The summed E-state index contributed by atoms with van der Waals surface area (Å²) in [6, 6.07) is 5.76. The fourth-order valence-corrected chi connectivity index (χ4v) is 1.34. The highest BCUT2D eigenvalue weighted by molar-refractivity contribution is 6.04. The molecular formula is C10H7FN2O. The van der Waals surface area contributed by atoms with Gasteiger partial charge in [-0.15, -0.1) is 0 Å². The van der Waals surface area contributed by atoms with Crippen molar-refractivity contribution in [1.29, 1.82) is 0 Å². The summed E-state index contributed by atoms with van der Waals surface area (Å²) in [6.45, 7) is 0. The van der Waals surface area contributed by atoms with E-state index in [1.165, 1.54) is 12.3 Å². The van der Waals surface area contributed by atoms with Crippen LogP contribution in [-0.2, 0) is 0 Å². The van der Waals surface area contributed by atoms with Gasteiger partial charge in [0.05, 0.1) is 11.1 Å². The second-order valence-electron chi connectivity index (χ2n) is 2.89. The molecule has 0 aliphatic carbocycles. The SMILES string of the molecule is NC(=O)c1cc(F)cc2cccnc12. The van der Waals surface area contributed by atoms with Gasteiger partial charge in [-0.25, -0.2) is 4.39 Å². The second kappa shape index (κ2) is 3.06. The molecule has 2 N–H and O–H groups in total. The summed E-state index contributed by atoms with van der Waals surface area (Å²) in [4.78, 5) is 15.0. The number of hydrogen-bond donors (Lipinski definition) is 1. The normalized spacial score (nSPS) is 10.4. The maximum absolute atomic E-state index is 13.0. The summed E-state index contributed by atoms with van der Waals surface area (Å²) in [6.07, 6.45) is 1.53. The maximum atomic E-state index is 13.0. The number of halogens is 1. The van der Waals surface area contributed by atoms with Crippen molar-refractivity contribution in [2.75, 3.05) is 0 Å². The molecule has 2 rings (SSSR count). The summed E-state index contributed by atoms with van der Waals surface area (Å²) in [7, 11) is 0. The van der Waals surface area contributed by atoms with Crippen LogP contribution < -0.4 is 5.73 Å². The molecule has 1 aromatic carbocycles. The lowest BCUT2D eigenvalue weighted by molar-refractivity contribution is 0.100. The van der Waals surface area contributed by atoms with Crippen LogP contribution in [0.5, 0.6) is 0 Å². The van der Waals surface area contributed by atoms with Crippen molar-refractivity contribution in [3.63, 3.8) is 0 Å². The molecule has 0 aliphatic rings. The highest BCUT2D eigenvalue weighted by Gasteiger charge is 2.09. The van der Waals surface area contributed by atoms with E-state index in [4.69, 9.17) is 5.73 Å². The lowest BCUT2D eigenvalue weighted by Crippen LogP contribution is -2.12. The Morgan fingerprint density at radius 3 is 2.93 bits per heavy atom. The van der Waals surface area contributed by atoms with E-state index in [1.54, 1.807) is 12.1 Å². The zero-order chi connectivity index (χ0) is 10.1. The van der Waals surface area contributed by atoms with E-state index >= 15 is 0 Å². The zero-order valence-electron chi connectivity index (χ0n) is 7.20. The third-order valence-corrected chi connectivity index (χ3v) is 1.94. The number of primary amides is 1. The Labute approximate surface area is 79.4 Å². The first-order chi connectivity index (χ1) is 6.68. The number of aromatic nitrogens is 1. The zero-order valence-corrected chi connectivity index (χ0v) is 7.20. The predicted octanol–water partition coefficient (Wildman–Crippen LogP) is 1.47. The van der Waals surface area contributed by atoms with Crippen LogP contribution in [0.4, 0.5) is 4.39 Å². The molecule has 0 spiro atoms. The molecule has 0 fully saturated rings. The fraction of sp³-hybridized carbons (Fsp3) is 0. The largest absolute Gasteiger partial charge is 0.366 e. The molecule has 0 atom stereocenters. The number of rotatable bonds is 1. The third kappa shape index (κ3) is 1.31. The quantitative estimate of drug-likeness (QED) is 0.740. The average Bonchev–Trinajstić information content (AvgIpc) is 2.16. The first-order valence-corrected chi connectivity index (χ1v) is 4.02. The van der Waals surface area contributed by atoms with Gasteiger partial charge in [0.25, 0.3) is 5.91 Å². The van der Waals surface area contributed by atoms with E-state index in [0.29, 0.717) is 10.9 Å². The van der Waals surface area contributed by atoms with Crippen molar-refractivity contribution in [2.45, 2.75) is 0 Å². The molecule has 0 saturated carbocycles. The number of hydrogen-bond acceptors (Lipinski definition) is 2. The predicted molar refractivity (Wildman–Crippen MR) is 50.2 cm³/mol. The van der Waals surface area contributed by atoms with Crippen LogP contribution in [-0.4, -0.2) is 10.9 Å². The van der Waals surface area contributed by atoms with Gasteiger partial charge in [0.2, 0.25) is 0 Å². The summed E-state index contributed by atoms with van der Waals surface area (Å²) >= 11 is 0. The van der Waals surface area contributed by atoms with Crippen LogP contribution >= 0.6 is 0 Å². The lowest BCUT2D eigenvalue weighted by Gasteiger charge is -2.01. The van der Waals surface area contributed by atoms with E-state index in [9.17, 15) is 9.18 Å². The minimum absolute atomic E-state index is 0.112. The molecule has 3 nitrogen and oxygen atoms in total. The van der Waals surface area contributed by atoms with Gasteiger partial charge < -0.3 is 5.73 Å². The van der Waals surface area contributed by atoms with Gasteiger partial charge in [-0.3, -0.25) is 9.78 Å². The topological polar surface area (TPSA) is 56.0 Å². The van der Waals surface area contributed by atoms with Crippen molar-refractivity contribution in [3.8, 4) is 0 Å². The maximum Gasteiger partial charge on any atom is 0.251 e. The number of nitrogens with two attached hydrogens (primary N) is 1. The molecule has 0 unspecified atom stereocenters. The van der Waals surface area contributed by atoms with Crippen LogP contribution in [0.1, 0.15) is 10.4 Å². The van der Waals surface area contributed by atoms with Gasteiger partial charge in [-0.2, -0.15) is 0 Å². The highest BCUT2D eigenvalue weighted by atomic mass is 19.1. The van der Waals surface area contributed by atoms with Gasteiger partial charge in [-0.1, -0.05) is 6.07 Å². The molecule has 0 saturated heterocycles. The van der Waals surface area contributed by atoms with E-state index in [0.717, 1.165) is 6.07 Å². The molecular weight excluding hydrogens is 183 g/mol. The molecule has 0 bridgehead atoms. The van der Waals surface area contributed by atoms with Gasteiger partial charge >= 0.3 is 0 Å². The number of fused-ring (bicyclic) bond motifs is 1. The van der Waals surface area contributed by atoms with E-state index in [-0.39, 0.29) is 5.56 Å². The Balaban J connectivity index is 2.87. The number of amides is 1. The first kappa shape index (κ1) is 8.62. The van der Waals surface area contributed by atoms with E-state index in [1.807, 2.05) is 0 Å². The summed E-state index contributed by atoms with van der Waals surface area (Å²) < 4.78 is 13.0. The second-order valence-corrected chi connectivity index (χ2v) is 2.89. The summed E-state index contributed by atoms with van der Waals surface area (Å²) in [5.74, 6) is -1.16. The Morgan fingerprint density at radius 1 is 1.43 bits per heavy atom. The van der Waals surface area contributed by atoms with Crippen LogP contribution in [0.15, 0.2) is 30.5 Å². The smallest absolute Gasteiger partial charge is 0.251 e. The molecule has 2 aromatic rings. The van der Waals surface area contributed by atoms with Crippen molar-refractivity contribution >= 4 is 16.8 Å². The Morgan fingerprint density at radius 2 is 2.21 bits per heavy atom. The minimum atomic E-state index is -0.673. The van der Waals surface area contributed by atoms with Crippen LogP contribution in [0, 0.1) is 5.82 Å². The van der Waals surface area contributed by atoms with Gasteiger partial charge in [0.1, 0.15) is 5.82 Å². The fourth-order valence-electron chi connectivity index (χ4n) is 1.34. The highest BCUT2D eigenvalue weighted by Crippen LogP contribution is 2.17.